The molecule has 91 heavy (non-hydrogen) atoms. The van der Waals surface area contributed by atoms with Crippen molar-refractivity contribution in [2.24, 2.45) is 17.8 Å². The summed E-state index contributed by atoms with van der Waals surface area (Å²) in [5, 5.41) is 10.6. The van der Waals surface area contributed by atoms with Gasteiger partial charge in [-0.25, -0.2) is 9.13 Å². The van der Waals surface area contributed by atoms with E-state index in [2.05, 4.69) is 48.5 Å². The van der Waals surface area contributed by atoms with Crippen molar-refractivity contribution in [2.45, 2.75) is 381 Å². The van der Waals surface area contributed by atoms with E-state index in [0.717, 1.165) is 108 Å². The Hall–Kier alpha value is -1.94. The van der Waals surface area contributed by atoms with Gasteiger partial charge >= 0.3 is 39.5 Å². The topological polar surface area (TPSA) is 237 Å². The molecule has 0 fully saturated rings. The van der Waals surface area contributed by atoms with Crippen molar-refractivity contribution in [2.75, 3.05) is 39.6 Å². The first kappa shape index (κ1) is 89.1. The quantitative estimate of drug-likeness (QED) is 0.0222. The third-order valence-corrected chi connectivity index (χ3v) is 18.5. The summed E-state index contributed by atoms with van der Waals surface area (Å²) in [7, 11) is -9.90. The Morgan fingerprint density at radius 1 is 0.297 bits per heavy atom. The summed E-state index contributed by atoms with van der Waals surface area (Å²) in [6.07, 6.45) is 47.2. The van der Waals surface area contributed by atoms with Crippen LogP contribution < -0.4 is 0 Å². The van der Waals surface area contributed by atoms with Crippen LogP contribution in [0.5, 0.6) is 0 Å². The van der Waals surface area contributed by atoms with Crippen LogP contribution in [0.3, 0.4) is 0 Å². The first-order chi connectivity index (χ1) is 43.7. The molecule has 0 aliphatic heterocycles. The number of carbonyl (C=O) groups is 4. The maximum atomic E-state index is 13.0. The number of aliphatic hydroxyl groups excluding tert-OH is 1. The molecule has 0 aromatic carbocycles. The van der Waals surface area contributed by atoms with E-state index in [1.165, 1.54) is 167 Å². The Labute approximate surface area is 556 Å². The van der Waals surface area contributed by atoms with Gasteiger partial charge in [-0.1, -0.05) is 312 Å². The molecule has 540 valence electrons. The number of aliphatic hydroxyl groups is 1. The smallest absolute Gasteiger partial charge is 0.462 e. The van der Waals surface area contributed by atoms with Crippen LogP contribution in [0, 0.1) is 17.8 Å². The molecule has 0 aromatic rings. The van der Waals surface area contributed by atoms with E-state index < -0.39 is 97.5 Å². The molecule has 0 aliphatic carbocycles. The van der Waals surface area contributed by atoms with E-state index in [1.807, 2.05) is 0 Å². The van der Waals surface area contributed by atoms with Crippen LogP contribution in [-0.2, 0) is 65.4 Å². The molecule has 0 bridgehead atoms. The van der Waals surface area contributed by atoms with Crippen LogP contribution >= 0.6 is 15.6 Å². The Morgan fingerprint density at radius 2 is 0.505 bits per heavy atom. The zero-order valence-corrected chi connectivity index (χ0v) is 61.1. The van der Waals surface area contributed by atoms with E-state index in [-0.39, 0.29) is 25.7 Å². The third-order valence-electron chi connectivity index (χ3n) is 16.6. The van der Waals surface area contributed by atoms with Gasteiger partial charge in [0.2, 0.25) is 0 Å². The zero-order valence-electron chi connectivity index (χ0n) is 59.3. The van der Waals surface area contributed by atoms with Crippen LogP contribution in [-0.4, -0.2) is 96.7 Å². The summed E-state index contributed by atoms with van der Waals surface area (Å²) >= 11 is 0. The lowest BCUT2D eigenvalue weighted by molar-refractivity contribution is -0.161. The number of hydrogen-bond acceptors (Lipinski definition) is 15. The van der Waals surface area contributed by atoms with Gasteiger partial charge in [-0.05, 0) is 43.4 Å². The fourth-order valence-corrected chi connectivity index (χ4v) is 12.5. The molecule has 2 unspecified atom stereocenters. The number of esters is 4. The highest BCUT2D eigenvalue weighted by molar-refractivity contribution is 7.47. The van der Waals surface area contributed by atoms with E-state index in [1.54, 1.807) is 0 Å². The lowest BCUT2D eigenvalue weighted by Crippen LogP contribution is -2.30. The molecule has 0 saturated carbocycles. The predicted octanol–water partition coefficient (Wildman–Crippen LogP) is 20.6. The number of carbonyl (C=O) groups excluding carboxylic acids is 4. The van der Waals surface area contributed by atoms with Crippen LogP contribution in [0.15, 0.2) is 0 Å². The average Bonchev–Trinajstić information content (AvgIpc) is 3.33. The van der Waals surface area contributed by atoms with E-state index >= 15 is 0 Å². The van der Waals surface area contributed by atoms with Gasteiger partial charge in [0.25, 0.3) is 0 Å². The highest BCUT2D eigenvalue weighted by Gasteiger charge is 2.30. The number of hydrogen-bond donors (Lipinski definition) is 3. The molecule has 0 amide bonds. The molecule has 0 aliphatic rings. The van der Waals surface area contributed by atoms with Gasteiger partial charge in [0.1, 0.15) is 19.3 Å². The minimum atomic E-state index is -4.95. The van der Waals surface area contributed by atoms with Crippen LogP contribution in [0.4, 0.5) is 0 Å². The molecule has 0 rings (SSSR count). The molecule has 0 aromatic heterocycles. The van der Waals surface area contributed by atoms with Crippen LogP contribution in [0.2, 0.25) is 0 Å². The number of rotatable bonds is 70. The monoisotopic (exact) mass is 1340 g/mol. The van der Waals surface area contributed by atoms with E-state index in [9.17, 15) is 43.2 Å². The molecular weight excluding hydrogens is 1200 g/mol. The van der Waals surface area contributed by atoms with Gasteiger partial charge in [-0.3, -0.25) is 37.3 Å². The highest BCUT2D eigenvalue weighted by Crippen LogP contribution is 2.45. The summed E-state index contributed by atoms with van der Waals surface area (Å²) in [5.41, 5.74) is 0. The van der Waals surface area contributed by atoms with Crippen molar-refractivity contribution < 1.29 is 80.2 Å². The Morgan fingerprint density at radius 3 is 0.747 bits per heavy atom. The summed E-state index contributed by atoms with van der Waals surface area (Å²) in [6, 6.07) is 0. The standard InChI is InChI=1S/C72H140O17P2/c1-8-9-10-11-12-13-14-21-27-32-41-48-55-71(76)89-68(60-83-70(75)54-47-40-35-34-38-45-52-65(6)7)62-87-91(80,81)85-58-66(73)57-84-90(78,79)86-61-67(59-82-69(74)53-46-39-31-26-23-18-20-25-30-37-44-51-64(4)5)88-72(77)56-49-42-33-28-22-17-15-16-19-24-29-36-43-50-63(2)3/h63-68,73H,8-62H2,1-7H3,(H,78,79)(H,80,81)/t66-,67-,68-/m1/s1. The Kier molecular flexibility index (Phi) is 61.5. The second-order valence-corrected chi connectivity index (χ2v) is 30.3. The summed E-state index contributed by atoms with van der Waals surface area (Å²) in [6.45, 7) is 11.8. The number of unbranched alkanes of at least 4 members (excludes halogenated alkanes) is 38. The lowest BCUT2D eigenvalue weighted by Gasteiger charge is -2.21. The molecule has 0 heterocycles. The second kappa shape index (κ2) is 62.8. The maximum Gasteiger partial charge on any atom is 0.472 e. The normalized spacial score (nSPS) is 14.2. The van der Waals surface area contributed by atoms with Gasteiger partial charge in [0.15, 0.2) is 12.2 Å². The molecule has 19 heteroatoms. The van der Waals surface area contributed by atoms with Crippen molar-refractivity contribution in [1.82, 2.24) is 0 Å². The van der Waals surface area contributed by atoms with Crippen molar-refractivity contribution in [3.8, 4) is 0 Å². The first-order valence-corrected chi connectivity index (χ1v) is 40.3. The Balaban J connectivity index is 5.24. The minimum absolute atomic E-state index is 0.106. The molecule has 0 saturated heterocycles. The summed E-state index contributed by atoms with van der Waals surface area (Å²) in [4.78, 5) is 72.6. The largest absolute Gasteiger partial charge is 0.472 e. The molecule has 0 radical (unpaired) electrons. The Bertz CT molecular complexity index is 1780. The predicted molar refractivity (Wildman–Crippen MR) is 368 cm³/mol. The minimum Gasteiger partial charge on any atom is -0.462 e. The van der Waals surface area contributed by atoms with Crippen molar-refractivity contribution in [3.05, 3.63) is 0 Å². The fraction of sp³-hybridized carbons (Fsp3) is 0.944. The third kappa shape index (κ3) is 66.5. The van der Waals surface area contributed by atoms with Gasteiger partial charge in [-0.15, -0.1) is 0 Å². The number of ether oxygens (including phenoxy) is 4. The van der Waals surface area contributed by atoms with Gasteiger partial charge in [-0.2, -0.15) is 0 Å². The van der Waals surface area contributed by atoms with Crippen LogP contribution in [0.1, 0.15) is 363 Å². The van der Waals surface area contributed by atoms with Gasteiger partial charge in [0, 0.05) is 25.7 Å². The molecule has 5 atom stereocenters. The molecular formula is C72H140O17P2. The van der Waals surface area contributed by atoms with Gasteiger partial charge < -0.3 is 33.8 Å². The molecule has 0 spiro atoms. The van der Waals surface area contributed by atoms with E-state index in [4.69, 9.17) is 37.0 Å². The lowest BCUT2D eigenvalue weighted by atomic mass is 10.0. The first-order valence-electron chi connectivity index (χ1n) is 37.3. The number of phosphoric ester groups is 2. The average molecular weight is 1340 g/mol. The van der Waals surface area contributed by atoms with Gasteiger partial charge in [0.05, 0.1) is 26.4 Å². The van der Waals surface area contributed by atoms with Crippen molar-refractivity contribution >= 4 is 39.5 Å². The maximum absolute atomic E-state index is 13.0. The van der Waals surface area contributed by atoms with Crippen LogP contribution in [0.25, 0.3) is 0 Å². The molecule has 3 N–H and O–H groups in total. The summed E-state index contributed by atoms with van der Waals surface area (Å²) in [5.74, 6) is 0.113. The highest BCUT2D eigenvalue weighted by atomic mass is 31.2. The zero-order chi connectivity index (χ0) is 67.3. The second-order valence-electron chi connectivity index (χ2n) is 27.4. The summed E-state index contributed by atoms with van der Waals surface area (Å²) < 4.78 is 68.3. The van der Waals surface area contributed by atoms with Crippen molar-refractivity contribution in [1.29, 1.82) is 0 Å². The van der Waals surface area contributed by atoms with E-state index in [0.29, 0.717) is 31.6 Å². The molecule has 17 nitrogen and oxygen atoms in total. The van der Waals surface area contributed by atoms with Crippen molar-refractivity contribution in [3.63, 3.8) is 0 Å². The fourth-order valence-electron chi connectivity index (χ4n) is 10.9. The number of phosphoric acid groups is 2. The SMILES string of the molecule is CCCCCCCCCCCCCCC(=O)O[C@H](COC(=O)CCCCCCCCC(C)C)COP(=O)(O)OC[C@H](O)COP(=O)(O)OC[C@@H](COC(=O)CCCCCCCCCCCCCC(C)C)OC(=O)CCCCCCCCCCCCCCCC(C)C.